The molecule has 5 heteroatoms. The second-order valence-corrected chi connectivity index (χ2v) is 5.66. The van der Waals surface area contributed by atoms with E-state index < -0.39 is 11.4 Å². The number of carbonyl (C=O) groups is 2. The van der Waals surface area contributed by atoms with Gasteiger partial charge in [0.05, 0.1) is 13.2 Å². The van der Waals surface area contributed by atoms with Gasteiger partial charge in [0.25, 0.3) is 0 Å². The number of piperidine rings is 1. The summed E-state index contributed by atoms with van der Waals surface area (Å²) >= 11 is 0. The van der Waals surface area contributed by atoms with E-state index in [2.05, 4.69) is 10.2 Å². The van der Waals surface area contributed by atoms with Crippen LogP contribution in [0.1, 0.15) is 33.6 Å². The van der Waals surface area contributed by atoms with Gasteiger partial charge in [-0.2, -0.15) is 0 Å². The van der Waals surface area contributed by atoms with Crippen molar-refractivity contribution in [1.29, 1.82) is 0 Å². The SMILES string of the molecule is CCOC(=O)C(C)(C)C(=O)CN(C)C1CCNCC1. The van der Waals surface area contributed by atoms with Crippen LogP contribution in [0.2, 0.25) is 0 Å². The van der Waals surface area contributed by atoms with Gasteiger partial charge in [-0.25, -0.2) is 0 Å². The second-order valence-electron chi connectivity index (χ2n) is 5.66. The fraction of sp³-hybridized carbons (Fsp3) is 0.857. The summed E-state index contributed by atoms with van der Waals surface area (Å²) in [6.45, 7) is 7.62. The van der Waals surface area contributed by atoms with Crippen LogP contribution >= 0.6 is 0 Å². The molecule has 0 aromatic carbocycles. The zero-order valence-corrected chi connectivity index (χ0v) is 12.5. The van der Waals surface area contributed by atoms with Crippen molar-refractivity contribution in [2.24, 2.45) is 5.41 Å². The summed E-state index contributed by atoms with van der Waals surface area (Å²) in [7, 11) is 1.95. The van der Waals surface area contributed by atoms with Crippen LogP contribution in [0.3, 0.4) is 0 Å². The molecule has 1 N–H and O–H groups in total. The molecule has 0 saturated carbocycles. The van der Waals surface area contributed by atoms with E-state index in [0.29, 0.717) is 19.2 Å². The number of ketones is 1. The predicted molar refractivity (Wildman–Crippen MR) is 73.9 cm³/mol. The molecule has 0 aromatic rings. The van der Waals surface area contributed by atoms with Crippen LogP contribution in [0.25, 0.3) is 0 Å². The van der Waals surface area contributed by atoms with Crippen molar-refractivity contribution in [1.82, 2.24) is 10.2 Å². The maximum Gasteiger partial charge on any atom is 0.319 e. The Morgan fingerprint density at radius 1 is 1.32 bits per heavy atom. The lowest BCUT2D eigenvalue weighted by molar-refractivity contribution is -0.158. The molecule has 1 fully saturated rings. The predicted octanol–water partition coefficient (Wildman–Crippen LogP) is 0.829. The van der Waals surface area contributed by atoms with E-state index >= 15 is 0 Å². The molecule has 0 aromatic heterocycles. The van der Waals surface area contributed by atoms with Crippen LogP contribution in [0, 0.1) is 5.41 Å². The summed E-state index contributed by atoms with van der Waals surface area (Å²) in [5, 5.41) is 3.30. The van der Waals surface area contributed by atoms with Crippen molar-refractivity contribution in [3.05, 3.63) is 0 Å². The van der Waals surface area contributed by atoms with Crippen LogP contribution in [0.15, 0.2) is 0 Å². The van der Waals surface area contributed by atoms with Gasteiger partial charge < -0.3 is 10.1 Å². The molecule has 1 heterocycles. The summed E-state index contributed by atoms with van der Waals surface area (Å²) in [6, 6.07) is 0.420. The molecule has 1 aliphatic heterocycles. The smallest absolute Gasteiger partial charge is 0.319 e. The molecule has 0 unspecified atom stereocenters. The third-order valence-corrected chi connectivity index (χ3v) is 3.81. The summed E-state index contributed by atoms with van der Waals surface area (Å²) < 4.78 is 4.97. The van der Waals surface area contributed by atoms with E-state index in [1.165, 1.54) is 0 Å². The van der Waals surface area contributed by atoms with Gasteiger partial charge in [0.1, 0.15) is 5.41 Å². The first-order valence-electron chi connectivity index (χ1n) is 7.01. The highest BCUT2D eigenvalue weighted by Crippen LogP contribution is 2.20. The molecule has 110 valence electrons. The molecule has 19 heavy (non-hydrogen) atoms. The Morgan fingerprint density at radius 2 is 1.89 bits per heavy atom. The lowest BCUT2D eigenvalue weighted by Crippen LogP contribution is -2.47. The van der Waals surface area contributed by atoms with Crippen molar-refractivity contribution < 1.29 is 14.3 Å². The number of likely N-dealkylation sites (N-methyl/N-ethyl adjacent to an activating group) is 1. The van der Waals surface area contributed by atoms with E-state index in [4.69, 9.17) is 4.74 Å². The Morgan fingerprint density at radius 3 is 2.42 bits per heavy atom. The average Bonchev–Trinajstić information content (AvgIpc) is 2.39. The fourth-order valence-electron chi connectivity index (χ4n) is 2.23. The van der Waals surface area contributed by atoms with Gasteiger partial charge in [0.15, 0.2) is 5.78 Å². The highest BCUT2D eigenvalue weighted by molar-refractivity contribution is 6.03. The van der Waals surface area contributed by atoms with Crippen LogP contribution in [-0.2, 0) is 14.3 Å². The molecule has 0 spiro atoms. The first kappa shape index (κ1) is 16.1. The maximum atomic E-state index is 12.3. The first-order valence-corrected chi connectivity index (χ1v) is 7.01. The van der Waals surface area contributed by atoms with Gasteiger partial charge in [-0.15, -0.1) is 0 Å². The molecule has 1 rings (SSSR count). The van der Waals surface area contributed by atoms with Gasteiger partial charge in [0, 0.05) is 6.04 Å². The molecule has 0 amide bonds. The molecule has 0 atom stereocenters. The molecular formula is C14H26N2O3. The Bertz CT molecular complexity index is 323. The minimum Gasteiger partial charge on any atom is -0.465 e. The van der Waals surface area contributed by atoms with E-state index in [1.54, 1.807) is 20.8 Å². The molecule has 5 nitrogen and oxygen atoms in total. The quantitative estimate of drug-likeness (QED) is 0.572. The van der Waals surface area contributed by atoms with Gasteiger partial charge >= 0.3 is 5.97 Å². The van der Waals surface area contributed by atoms with Crippen molar-refractivity contribution >= 4 is 11.8 Å². The summed E-state index contributed by atoms with van der Waals surface area (Å²) in [5.41, 5.74) is -1.06. The topological polar surface area (TPSA) is 58.6 Å². The third kappa shape index (κ3) is 4.28. The molecule has 0 radical (unpaired) electrons. The molecule has 0 aliphatic carbocycles. The highest BCUT2D eigenvalue weighted by atomic mass is 16.5. The van der Waals surface area contributed by atoms with E-state index in [-0.39, 0.29) is 5.78 Å². The highest BCUT2D eigenvalue weighted by Gasteiger charge is 2.38. The number of hydrogen-bond acceptors (Lipinski definition) is 5. The van der Waals surface area contributed by atoms with Crippen molar-refractivity contribution in [3.8, 4) is 0 Å². The largest absolute Gasteiger partial charge is 0.465 e. The Balaban J connectivity index is 2.54. The zero-order valence-electron chi connectivity index (χ0n) is 12.5. The van der Waals surface area contributed by atoms with E-state index in [9.17, 15) is 9.59 Å². The molecular weight excluding hydrogens is 244 g/mol. The summed E-state index contributed by atoms with van der Waals surface area (Å²) in [4.78, 5) is 26.1. The molecule has 0 bridgehead atoms. The maximum absolute atomic E-state index is 12.3. The van der Waals surface area contributed by atoms with E-state index in [1.807, 2.05) is 7.05 Å². The Kier molecular flexibility index (Phi) is 5.94. The van der Waals surface area contributed by atoms with E-state index in [0.717, 1.165) is 25.9 Å². The Hall–Kier alpha value is -0.940. The number of nitrogens with zero attached hydrogens (tertiary/aromatic N) is 1. The molecule has 1 saturated heterocycles. The van der Waals surface area contributed by atoms with Crippen LogP contribution < -0.4 is 5.32 Å². The number of esters is 1. The van der Waals surface area contributed by atoms with Gasteiger partial charge in [-0.3, -0.25) is 14.5 Å². The molecule has 1 aliphatic rings. The summed E-state index contributed by atoms with van der Waals surface area (Å²) in [6.07, 6.45) is 2.09. The minimum atomic E-state index is -1.06. The van der Waals surface area contributed by atoms with Crippen molar-refractivity contribution in [2.45, 2.75) is 39.7 Å². The van der Waals surface area contributed by atoms with Crippen LogP contribution in [-0.4, -0.2) is 56.0 Å². The monoisotopic (exact) mass is 270 g/mol. The van der Waals surface area contributed by atoms with Gasteiger partial charge in [0.2, 0.25) is 0 Å². The normalized spacial score (nSPS) is 17.5. The lowest BCUT2D eigenvalue weighted by atomic mass is 9.87. The average molecular weight is 270 g/mol. The van der Waals surface area contributed by atoms with Crippen molar-refractivity contribution in [3.63, 3.8) is 0 Å². The third-order valence-electron chi connectivity index (χ3n) is 3.81. The summed E-state index contributed by atoms with van der Waals surface area (Å²) in [5.74, 6) is -0.509. The van der Waals surface area contributed by atoms with Crippen molar-refractivity contribution in [2.75, 3.05) is 33.3 Å². The Labute approximate surface area is 115 Å². The number of nitrogens with one attached hydrogen (secondary N) is 1. The van der Waals surface area contributed by atoms with Gasteiger partial charge in [-0.1, -0.05) is 0 Å². The van der Waals surface area contributed by atoms with Crippen LogP contribution in [0.4, 0.5) is 0 Å². The number of Topliss-reactive ketones (excluding diaryl/α,β-unsaturated/α-hetero) is 1. The number of ether oxygens (including phenoxy) is 1. The van der Waals surface area contributed by atoms with Gasteiger partial charge in [-0.05, 0) is 53.8 Å². The van der Waals surface area contributed by atoms with Crippen LogP contribution in [0.5, 0.6) is 0 Å². The number of carbonyl (C=O) groups excluding carboxylic acids is 2. The number of rotatable bonds is 6. The lowest BCUT2D eigenvalue weighted by Gasteiger charge is -2.32. The fourth-order valence-corrected chi connectivity index (χ4v) is 2.23. The number of hydrogen-bond donors (Lipinski definition) is 1. The second kappa shape index (κ2) is 7.01. The zero-order chi connectivity index (χ0) is 14.5. The minimum absolute atomic E-state index is 0.0769. The standard InChI is InChI=1S/C14H26N2O3/c1-5-19-13(18)14(2,3)12(17)10-16(4)11-6-8-15-9-7-11/h11,15H,5-10H2,1-4H3. The first-order chi connectivity index (χ1) is 8.89.